The van der Waals surface area contributed by atoms with E-state index in [0.717, 1.165) is 43.5 Å². The van der Waals surface area contributed by atoms with Gasteiger partial charge in [0.1, 0.15) is 10.1 Å². The van der Waals surface area contributed by atoms with Gasteiger partial charge in [-0.2, -0.15) is 0 Å². The average molecular weight is 723 g/mol. The van der Waals surface area contributed by atoms with Crippen LogP contribution in [0.1, 0.15) is 36.2 Å². The van der Waals surface area contributed by atoms with Crippen molar-refractivity contribution in [2.45, 2.75) is 20.3 Å². The summed E-state index contributed by atoms with van der Waals surface area (Å²) in [6.07, 6.45) is 1.49. The number of rotatable bonds is 12. The van der Waals surface area contributed by atoms with Gasteiger partial charge in [-0.05, 0) is 71.7 Å². The van der Waals surface area contributed by atoms with Crippen LogP contribution < -0.4 is 10.1 Å². The van der Waals surface area contributed by atoms with Crippen molar-refractivity contribution in [3.05, 3.63) is 88.3 Å². The normalized spacial score (nSPS) is 16.0. The van der Waals surface area contributed by atoms with Gasteiger partial charge < -0.3 is 20.1 Å². The molecular formula is C36H36F2N4O6S2. The van der Waals surface area contributed by atoms with E-state index in [9.17, 15) is 28.0 Å². The van der Waals surface area contributed by atoms with Crippen molar-refractivity contribution in [3.8, 4) is 16.9 Å². The summed E-state index contributed by atoms with van der Waals surface area (Å²) in [6.45, 7) is 7.79. The van der Waals surface area contributed by atoms with Crippen molar-refractivity contribution in [3.63, 3.8) is 0 Å². The molecule has 0 aromatic heterocycles. The summed E-state index contributed by atoms with van der Waals surface area (Å²) in [7, 11) is 0. The Labute approximate surface area is 298 Å². The minimum atomic E-state index is -1.08. The highest BCUT2D eigenvalue weighted by molar-refractivity contribution is 8.26. The smallest absolute Gasteiger partial charge is 0.335 e. The number of ether oxygens (including phenoxy) is 1. The molecule has 262 valence electrons. The zero-order chi connectivity index (χ0) is 35.9. The largest absolute Gasteiger partial charge is 0.483 e. The van der Waals surface area contributed by atoms with Crippen LogP contribution in [-0.2, 0) is 14.4 Å². The van der Waals surface area contributed by atoms with Crippen molar-refractivity contribution in [2.24, 2.45) is 5.92 Å². The van der Waals surface area contributed by atoms with Crippen LogP contribution in [0.15, 0.2) is 65.6 Å². The van der Waals surface area contributed by atoms with Crippen molar-refractivity contribution in [2.75, 3.05) is 51.2 Å². The van der Waals surface area contributed by atoms with E-state index in [2.05, 4.69) is 24.1 Å². The van der Waals surface area contributed by atoms with Gasteiger partial charge >= 0.3 is 5.97 Å². The number of nitrogens with zero attached hydrogens (tertiary/aromatic N) is 3. The Bertz CT molecular complexity index is 1830. The molecule has 14 heteroatoms. The summed E-state index contributed by atoms with van der Waals surface area (Å²) < 4.78 is 34.0. The molecule has 0 bridgehead atoms. The highest BCUT2D eigenvalue weighted by atomic mass is 32.2. The Hall–Kier alpha value is -4.66. The first-order valence-corrected chi connectivity index (χ1v) is 17.2. The van der Waals surface area contributed by atoms with E-state index in [1.54, 1.807) is 29.2 Å². The average Bonchev–Trinajstić information content (AvgIpc) is 3.35. The van der Waals surface area contributed by atoms with E-state index in [1.165, 1.54) is 35.2 Å². The number of amides is 3. The van der Waals surface area contributed by atoms with Crippen molar-refractivity contribution in [1.82, 2.24) is 14.7 Å². The quantitative estimate of drug-likeness (QED) is 0.178. The number of aromatic carboxylic acids is 1. The molecule has 3 amide bonds. The molecule has 2 heterocycles. The number of anilines is 1. The van der Waals surface area contributed by atoms with E-state index < -0.39 is 29.4 Å². The third kappa shape index (κ3) is 9.31. The topological polar surface area (TPSA) is 119 Å². The minimum absolute atomic E-state index is 0.00175. The second kappa shape index (κ2) is 16.4. The molecule has 5 rings (SSSR count). The Kier molecular flexibility index (Phi) is 12.0. The Morgan fingerprint density at radius 2 is 1.66 bits per heavy atom. The number of thiocarbonyl (C=S) groups is 1. The number of carboxylic acids is 1. The molecule has 0 aliphatic carbocycles. The SMILES string of the molecule is CC(C)CN1CCN(C(=O)COc2ccc(-c3ccc(F)c(F)c3)cc2/C=C2\SC(=S)N(CCC(=O)Nc3ccc(C(=O)O)cc3)C2=O)CC1. The number of halogens is 2. The lowest BCUT2D eigenvalue weighted by Gasteiger charge is -2.35. The number of benzene rings is 3. The van der Waals surface area contributed by atoms with Crippen molar-refractivity contribution >= 4 is 63.8 Å². The molecule has 3 aromatic rings. The van der Waals surface area contributed by atoms with Crippen LogP contribution in [0, 0.1) is 17.6 Å². The van der Waals surface area contributed by atoms with Crippen LogP contribution in [-0.4, -0.2) is 93.7 Å². The lowest BCUT2D eigenvalue weighted by Crippen LogP contribution is -2.50. The molecule has 50 heavy (non-hydrogen) atoms. The number of carbonyl (C=O) groups excluding carboxylic acids is 3. The maximum atomic E-state index is 14.1. The zero-order valence-electron chi connectivity index (χ0n) is 27.5. The van der Waals surface area contributed by atoms with E-state index in [4.69, 9.17) is 22.1 Å². The van der Waals surface area contributed by atoms with Gasteiger partial charge in [-0.1, -0.05) is 50.0 Å². The number of piperazine rings is 1. The molecule has 10 nitrogen and oxygen atoms in total. The summed E-state index contributed by atoms with van der Waals surface area (Å²) in [5.74, 6) is -3.24. The third-order valence-electron chi connectivity index (χ3n) is 8.10. The zero-order valence-corrected chi connectivity index (χ0v) is 29.1. The predicted molar refractivity (Wildman–Crippen MR) is 192 cm³/mol. The summed E-state index contributed by atoms with van der Waals surface area (Å²) in [5.41, 5.74) is 1.84. The van der Waals surface area contributed by atoms with Gasteiger partial charge in [0.15, 0.2) is 18.2 Å². The van der Waals surface area contributed by atoms with E-state index in [0.29, 0.717) is 47.1 Å². The first-order chi connectivity index (χ1) is 23.9. The van der Waals surface area contributed by atoms with E-state index >= 15 is 0 Å². The number of carboxylic acid groups (broad SMARTS) is 1. The maximum Gasteiger partial charge on any atom is 0.335 e. The Morgan fingerprint density at radius 1 is 0.980 bits per heavy atom. The number of hydrogen-bond acceptors (Lipinski definition) is 8. The molecule has 2 aliphatic rings. The lowest BCUT2D eigenvalue weighted by molar-refractivity contribution is -0.135. The van der Waals surface area contributed by atoms with Crippen LogP contribution in [0.25, 0.3) is 17.2 Å². The number of hydrogen-bond donors (Lipinski definition) is 2. The molecule has 0 unspecified atom stereocenters. The van der Waals surface area contributed by atoms with Gasteiger partial charge in [-0.15, -0.1) is 0 Å². The van der Waals surface area contributed by atoms with Crippen molar-refractivity contribution < 1.29 is 37.8 Å². The van der Waals surface area contributed by atoms with Gasteiger partial charge in [0.2, 0.25) is 5.91 Å². The van der Waals surface area contributed by atoms with Crippen LogP contribution >= 0.6 is 24.0 Å². The number of nitrogens with one attached hydrogen (secondary N) is 1. The van der Waals surface area contributed by atoms with E-state index in [1.807, 2.05) is 0 Å². The molecule has 3 aromatic carbocycles. The fraction of sp³-hybridized carbons (Fsp3) is 0.306. The second-order valence-electron chi connectivity index (χ2n) is 12.3. The van der Waals surface area contributed by atoms with Gasteiger partial charge in [-0.3, -0.25) is 24.2 Å². The maximum absolute atomic E-state index is 14.1. The van der Waals surface area contributed by atoms with Crippen LogP contribution in [0.2, 0.25) is 0 Å². The first-order valence-electron chi connectivity index (χ1n) is 16.0. The molecule has 0 atom stereocenters. The minimum Gasteiger partial charge on any atom is -0.483 e. The Morgan fingerprint density at radius 3 is 2.32 bits per heavy atom. The van der Waals surface area contributed by atoms with Crippen LogP contribution in [0.4, 0.5) is 14.5 Å². The summed E-state index contributed by atoms with van der Waals surface area (Å²) in [5, 5.41) is 11.7. The molecule has 2 saturated heterocycles. The Balaban J connectivity index is 1.29. The highest BCUT2D eigenvalue weighted by Crippen LogP contribution is 2.36. The molecular weight excluding hydrogens is 687 g/mol. The van der Waals surface area contributed by atoms with Gasteiger partial charge in [0, 0.05) is 56.9 Å². The van der Waals surface area contributed by atoms with Gasteiger partial charge in [0.05, 0.1) is 10.5 Å². The van der Waals surface area contributed by atoms with Crippen LogP contribution in [0.3, 0.4) is 0 Å². The highest BCUT2D eigenvalue weighted by Gasteiger charge is 2.32. The standard InChI is InChI=1S/C36H36F2N4O6S2/c1-22(2)20-40-13-15-41(16-14-40)33(44)21-48-30-10-6-24(25-5-9-28(37)29(38)18-25)17-26(30)19-31-34(45)42(36(49)50-31)12-11-32(43)39-27-7-3-23(4-8-27)35(46)47/h3-10,17-19,22H,11-16,20-21H2,1-2H3,(H,39,43)(H,46,47)/b31-19-. The third-order valence-corrected chi connectivity index (χ3v) is 9.48. The summed E-state index contributed by atoms with van der Waals surface area (Å²) >= 11 is 6.50. The number of carbonyl (C=O) groups is 4. The first kappa shape index (κ1) is 36.6. The van der Waals surface area contributed by atoms with Gasteiger partial charge in [-0.25, -0.2) is 13.6 Å². The molecule has 0 radical (unpaired) electrons. The fourth-order valence-corrected chi connectivity index (χ4v) is 6.84. The predicted octanol–water partition coefficient (Wildman–Crippen LogP) is 5.74. The monoisotopic (exact) mass is 722 g/mol. The number of thioether (sulfide) groups is 1. The second-order valence-corrected chi connectivity index (χ2v) is 13.9. The van der Waals surface area contributed by atoms with Crippen molar-refractivity contribution in [1.29, 1.82) is 0 Å². The summed E-state index contributed by atoms with van der Waals surface area (Å²) in [6, 6.07) is 14.2. The molecule has 0 spiro atoms. The van der Waals surface area contributed by atoms with Crippen LogP contribution in [0.5, 0.6) is 5.75 Å². The van der Waals surface area contributed by atoms with E-state index in [-0.39, 0.29) is 40.3 Å². The molecule has 2 aliphatic heterocycles. The summed E-state index contributed by atoms with van der Waals surface area (Å²) in [4.78, 5) is 55.9. The molecule has 2 fully saturated rings. The molecule has 0 saturated carbocycles. The lowest BCUT2D eigenvalue weighted by atomic mass is 10.0. The fourth-order valence-electron chi connectivity index (χ4n) is 5.54. The molecule has 2 N–H and O–H groups in total. The van der Waals surface area contributed by atoms with Gasteiger partial charge in [0.25, 0.3) is 11.8 Å².